The van der Waals surface area contributed by atoms with E-state index in [4.69, 9.17) is 5.11 Å². The summed E-state index contributed by atoms with van der Waals surface area (Å²) in [6, 6.07) is -0.174. The first-order chi connectivity index (χ1) is 13.4. The topological polar surface area (TPSA) is 107 Å². The van der Waals surface area contributed by atoms with Gasteiger partial charge >= 0.3 is 5.97 Å². The van der Waals surface area contributed by atoms with Crippen LogP contribution in [-0.4, -0.2) is 70.8 Å². The first-order valence-corrected chi connectivity index (χ1v) is 10.4. The molecule has 3 amide bonds. The monoisotopic (exact) mass is 395 g/mol. The van der Waals surface area contributed by atoms with E-state index in [9.17, 15) is 19.2 Å². The van der Waals surface area contributed by atoms with Crippen LogP contribution in [-0.2, 0) is 19.2 Å². The smallest absolute Gasteiger partial charge is 0.323 e. The minimum Gasteiger partial charge on any atom is -0.480 e. The molecule has 2 aliphatic rings. The van der Waals surface area contributed by atoms with Crippen molar-refractivity contribution in [1.82, 2.24) is 15.1 Å². The van der Waals surface area contributed by atoms with Gasteiger partial charge in [0.05, 0.1) is 6.54 Å². The second kappa shape index (κ2) is 11.0. The summed E-state index contributed by atoms with van der Waals surface area (Å²) >= 11 is 0. The van der Waals surface area contributed by atoms with Crippen LogP contribution in [0.5, 0.6) is 0 Å². The lowest BCUT2D eigenvalue weighted by molar-refractivity contribution is -0.145. The molecule has 0 bridgehead atoms. The van der Waals surface area contributed by atoms with Crippen molar-refractivity contribution in [3.63, 3.8) is 0 Å². The van der Waals surface area contributed by atoms with Crippen molar-refractivity contribution < 1.29 is 24.3 Å². The lowest BCUT2D eigenvalue weighted by atomic mass is 10.0. The summed E-state index contributed by atoms with van der Waals surface area (Å²) in [5.41, 5.74) is 0. The zero-order chi connectivity index (χ0) is 20.5. The van der Waals surface area contributed by atoms with Crippen LogP contribution in [0.25, 0.3) is 0 Å². The molecule has 1 saturated heterocycles. The molecule has 2 rings (SSSR count). The number of carboxylic acids is 1. The molecule has 1 aliphatic carbocycles. The van der Waals surface area contributed by atoms with Gasteiger partial charge in [-0.1, -0.05) is 25.7 Å². The lowest BCUT2D eigenvalue weighted by Crippen LogP contribution is -2.44. The van der Waals surface area contributed by atoms with E-state index in [1.807, 2.05) is 0 Å². The summed E-state index contributed by atoms with van der Waals surface area (Å²) in [7, 11) is 0. The highest BCUT2D eigenvalue weighted by Gasteiger charge is 2.27. The molecule has 2 N–H and O–H groups in total. The summed E-state index contributed by atoms with van der Waals surface area (Å²) in [6.07, 6.45) is 8.23. The Balaban J connectivity index is 1.74. The van der Waals surface area contributed by atoms with Gasteiger partial charge in [-0.05, 0) is 31.6 Å². The van der Waals surface area contributed by atoms with Crippen LogP contribution < -0.4 is 5.32 Å². The number of carbonyl (C=O) groups is 4. The number of hydrogen-bond donors (Lipinski definition) is 2. The van der Waals surface area contributed by atoms with Crippen molar-refractivity contribution in [2.75, 3.05) is 26.2 Å². The van der Waals surface area contributed by atoms with E-state index < -0.39 is 5.97 Å². The Morgan fingerprint density at radius 1 is 1.04 bits per heavy atom. The van der Waals surface area contributed by atoms with Gasteiger partial charge < -0.3 is 20.2 Å². The molecule has 158 valence electrons. The number of hydrogen-bond acceptors (Lipinski definition) is 4. The molecule has 8 nitrogen and oxygen atoms in total. The second-order valence-corrected chi connectivity index (χ2v) is 7.97. The normalized spacial score (nSPS) is 20.5. The van der Waals surface area contributed by atoms with Crippen LogP contribution in [0.1, 0.15) is 64.7 Å². The molecule has 1 aliphatic heterocycles. The molecule has 1 saturated carbocycles. The standard InChI is InChI=1S/C20H33N3O5/c1-15(24)23(14-20(27)28)17-7-4-11-22(12-10-17)19(26)13-21-18(25)9-8-16-5-2-3-6-16/h16-17H,2-14H2,1H3,(H,21,25)(H,27,28). The van der Waals surface area contributed by atoms with E-state index in [-0.39, 0.29) is 36.9 Å². The van der Waals surface area contributed by atoms with Crippen LogP contribution in [0.3, 0.4) is 0 Å². The van der Waals surface area contributed by atoms with Gasteiger partial charge in [0, 0.05) is 32.5 Å². The lowest BCUT2D eigenvalue weighted by Gasteiger charge is -2.28. The van der Waals surface area contributed by atoms with E-state index in [0.29, 0.717) is 44.7 Å². The minimum absolute atomic E-state index is 0.000283. The van der Waals surface area contributed by atoms with Gasteiger partial charge in [0.15, 0.2) is 0 Å². The molecular formula is C20H33N3O5. The fourth-order valence-corrected chi connectivity index (χ4v) is 4.29. The Kier molecular flexibility index (Phi) is 8.73. The number of aliphatic carboxylic acids is 1. The number of nitrogens with one attached hydrogen (secondary N) is 1. The molecule has 0 aromatic rings. The zero-order valence-electron chi connectivity index (χ0n) is 16.8. The Bertz CT molecular complexity index is 574. The molecule has 1 atom stereocenters. The number of nitrogens with zero attached hydrogens (tertiary/aromatic N) is 2. The van der Waals surface area contributed by atoms with Crippen LogP contribution in [0.2, 0.25) is 0 Å². The third-order valence-corrected chi connectivity index (χ3v) is 5.89. The molecule has 8 heteroatoms. The molecule has 1 heterocycles. The average molecular weight is 396 g/mol. The summed E-state index contributed by atoms with van der Waals surface area (Å²) in [6.45, 7) is 2.08. The molecule has 0 aromatic carbocycles. The van der Waals surface area contributed by atoms with Gasteiger partial charge in [-0.3, -0.25) is 19.2 Å². The van der Waals surface area contributed by atoms with E-state index in [2.05, 4.69) is 5.32 Å². The van der Waals surface area contributed by atoms with Crippen molar-refractivity contribution in [2.45, 2.75) is 70.8 Å². The van der Waals surface area contributed by atoms with Gasteiger partial charge in [0.25, 0.3) is 0 Å². The largest absolute Gasteiger partial charge is 0.480 e. The van der Waals surface area contributed by atoms with Crippen molar-refractivity contribution in [3.8, 4) is 0 Å². The Labute approximate surface area is 166 Å². The summed E-state index contributed by atoms with van der Waals surface area (Å²) < 4.78 is 0. The highest BCUT2D eigenvalue weighted by Crippen LogP contribution is 2.28. The molecule has 0 spiro atoms. The Morgan fingerprint density at radius 3 is 2.39 bits per heavy atom. The zero-order valence-corrected chi connectivity index (χ0v) is 16.8. The van der Waals surface area contributed by atoms with E-state index >= 15 is 0 Å². The first kappa shape index (κ1) is 22.2. The van der Waals surface area contributed by atoms with Crippen LogP contribution >= 0.6 is 0 Å². The van der Waals surface area contributed by atoms with Gasteiger partial charge in [0.1, 0.15) is 6.54 Å². The second-order valence-electron chi connectivity index (χ2n) is 7.97. The SMILES string of the molecule is CC(=O)N(CC(=O)O)C1CCCN(C(=O)CNC(=O)CCC2CCCC2)CC1. The number of carboxylic acid groups (broad SMARTS) is 1. The summed E-state index contributed by atoms with van der Waals surface area (Å²) in [4.78, 5) is 50.3. The summed E-state index contributed by atoms with van der Waals surface area (Å²) in [5.74, 6) is -0.840. The maximum atomic E-state index is 12.4. The van der Waals surface area contributed by atoms with E-state index in [1.165, 1.54) is 37.5 Å². The quantitative estimate of drug-likeness (QED) is 0.646. The van der Waals surface area contributed by atoms with E-state index in [1.54, 1.807) is 4.90 Å². The fourth-order valence-electron chi connectivity index (χ4n) is 4.29. The van der Waals surface area contributed by atoms with Crippen LogP contribution in [0, 0.1) is 5.92 Å². The van der Waals surface area contributed by atoms with Gasteiger partial charge in [-0.15, -0.1) is 0 Å². The number of likely N-dealkylation sites (tertiary alicyclic amines) is 1. The highest BCUT2D eigenvalue weighted by atomic mass is 16.4. The predicted molar refractivity (Wildman–Crippen MR) is 103 cm³/mol. The van der Waals surface area contributed by atoms with Crippen molar-refractivity contribution in [2.24, 2.45) is 5.92 Å². The Morgan fingerprint density at radius 2 is 1.75 bits per heavy atom. The Hall–Kier alpha value is -2.12. The van der Waals surface area contributed by atoms with Crippen molar-refractivity contribution in [1.29, 1.82) is 0 Å². The average Bonchev–Trinajstić information content (AvgIpc) is 3.05. The van der Waals surface area contributed by atoms with Crippen molar-refractivity contribution >= 4 is 23.7 Å². The minimum atomic E-state index is -1.03. The highest BCUT2D eigenvalue weighted by molar-refractivity contribution is 5.84. The van der Waals surface area contributed by atoms with Gasteiger partial charge in [0.2, 0.25) is 17.7 Å². The summed E-state index contributed by atoms with van der Waals surface area (Å²) in [5, 5.41) is 11.7. The maximum Gasteiger partial charge on any atom is 0.323 e. The molecular weight excluding hydrogens is 362 g/mol. The van der Waals surface area contributed by atoms with Crippen LogP contribution in [0.15, 0.2) is 0 Å². The molecule has 0 radical (unpaired) electrons. The first-order valence-electron chi connectivity index (χ1n) is 10.4. The third-order valence-electron chi connectivity index (χ3n) is 5.89. The maximum absolute atomic E-state index is 12.4. The van der Waals surface area contributed by atoms with Gasteiger partial charge in [-0.2, -0.15) is 0 Å². The third kappa shape index (κ3) is 7.13. The van der Waals surface area contributed by atoms with Crippen molar-refractivity contribution in [3.05, 3.63) is 0 Å². The molecule has 28 heavy (non-hydrogen) atoms. The molecule has 2 fully saturated rings. The number of rotatable bonds is 8. The number of amides is 3. The fraction of sp³-hybridized carbons (Fsp3) is 0.800. The molecule has 0 aromatic heterocycles. The van der Waals surface area contributed by atoms with Gasteiger partial charge in [-0.25, -0.2) is 0 Å². The van der Waals surface area contributed by atoms with E-state index in [0.717, 1.165) is 6.42 Å². The number of carbonyl (C=O) groups excluding carboxylic acids is 3. The van der Waals surface area contributed by atoms with Crippen LogP contribution in [0.4, 0.5) is 0 Å². The molecule has 1 unspecified atom stereocenters. The predicted octanol–water partition coefficient (Wildman–Crippen LogP) is 1.39.